The summed E-state index contributed by atoms with van der Waals surface area (Å²) in [5.41, 5.74) is 1.97. The smallest absolute Gasteiger partial charge is 0.263 e. The summed E-state index contributed by atoms with van der Waals surface area (Å²) in [6.07, 6.45) is 0. The summed E-state index contributed by atoms with van der Waals surface area (Å²) in [5.74, 6) is -0.131. The van der Waals surface area contributed by atoms with Crippen molar-refractivity contribution in [2.75, 3.05) is 0 Å². The summed E-state index contributed by atoms with van der Waals surface area (Å²) in [7, 11) is 0. The number of hydrogen-bond donors (Lipinski definition) is 1. The van der Waals surface area contributed by atoms with Crippen LogP contribution in [0.15, 0.2) is 34.1 Å². The molecular weight excluding hydrogens is 334 g/mol. The predicted molar refractivity (Wildman–Crippen MR) is 79.4 cm³/mol. The molecule has 1 aromatic heterocycles. The molecule has 0 bridgehead atoms. The van der Waals surface area contributed by atoms with Gasteiger partial charge in [-0.25, -0.2) is 0 Å². The van der Waals surface area contributed by atoms with Crippen LogP contribution in [0.1, 0.15) is 20.8 Å². The maximum absolute atomic E-state index is 12.0. The van der Waals surface area contributed by atoms with Crippen molar-refractivity contribution >= 4 is 44.8 Å². The van der Waals surface area contributed by atoms with Crippen LogP contribution in [0.3, 0.4) is 0 Å². The first-order valence-corrected chi connectivity index (χ1v) is 7.40. The highest BCUT2D eigenvalue weighted by Gasteiger charge is 2.14. The maximum Gasteiger partial charge on any atom is 0.263 e. The van der Waals surface area contributed by atoms with Gasteiger partial charge in [-0.1, -0.05) is 45.7 Å². The number of carbonyl (C=O) groups is 1. The van der Waals surface area contributed by atoms with E-state index in [2.05, 4.69) is 21.2 Å². The van der Waals surface area contributed by atoms with E-state index in [0.29, 0.717) is 16.4 Å². The minimum absolute atomic E-state index is 0.131. The van der Waals surface area contributed by atoms with Crippen molar-refractivity contribution in [3.63, 3.8) is 0 Å². The Kier molecular flexibility index (Phi) is 4.43. The van der Waals surface area contributed by atoms with E-state index in [1.165, 1.54) is 11.3 Å². The Labute approximate surface area is 123 Å². The van der Waals surface area contributed by atoms with Gasteiger partial charge in [0, 0.05) is 11.0 Å². The molecule has 1 N–H and O–H groups in total. The van der Waals surface area contributed by atoms with Crippen LogP contribution in [0.25, 0.3) is 0 Å². The lowest BCUT2D eigenvalue weighted by atomic mass is 10.2. The molecule has 0 fully saturated rings. The van der Waals surface area contributed by atoms with Gasteiger partial charge in [0.15, 0.2) is 0 Å². The van der Waals surface area contributed by atoms with Gasteiger partial charge in [0.1, 0.15) is 4.88 Å². The lowest BCUT2D eigenvalue weighted by molar-refractivity contribution is 0.0955. The maximum atomic E-state index is 12.0. The Balaban J connectivity index is 2.05. The van der Waals surface area contributed by atoms with Crippen LogP contribution in [-0.2, 0) is 6.54 Å². The number of aryl methyl sites for hydroxylation is 1. The number of hydrogen-bond acceptors (Lipinski definition) is 2. The standard InChI is InChI=1S/C13H11BrClNOS/c1-8-7-18-12(11(8)15)13(17)16-6-9-4-2-3-5-10(9)14/h2-5,7H,6H2,1H3,(H,16,17). The first kappa shape index (κ1) is 13.6. The minimum Gasteiger partial charge on any atom is -0.347 e. The predicted octanol–water partition coefficient (Wildman–Crippen LogP) is 4.40. The molecular formula is C13H11BrClNOS. The van der Waals surface area contributed by atoms with Gasteiger partial charge in [-0.05, 0) is 29.5 Å². The summed E-state index contributed by atoms with van der Waals surface area (Å²) in [6, 6.07) is 7.79. The Bertz CT molecular complexity index is 582. The van der Waals surface area contributed by atoms with Crippen molar-refractivity contribution in [1.82, 2.24) is 5.32 Å². The Morgan fingerprint density at radius 1 is 1.44 bits per heavy atom. The zero-order valence-corrected chi connectivity index (χ0v) is 12.8. The number of halogens is 2. The molecule has 0 radical (unpaired) electrons. The van der Waals surface area contributed by atoms with E-state index in [0.717, 1.165) is 15.6 Å². The molecule has 0 aliphatic heterocycles. The Hall–Kier alpha value is -0.840. The van der Waals surface area contributed by atoms with Crippen LogP contribution in [0.4, 0.5) is 0 Å². The lowest BCUT2D eigenvalue weighted by Gasteiger charge is -2.06. The Morgan fingerprint density at radius 3 is 2.78 bits per heavy atom. The fourth-order valence-electron chi connectivity index (χ4n) is 1.48. The molecule has 0 spiro atoms. The number of thiophene rings is 1. The molecule has 0 aliphatic carbocycles. The van der Waals surface area contributed by atoms with E-state index in [4.69, 9.17) is 11.6 Å². The van der Waals surface area contributed by atoms with Crippen molar-refractivity contribution in [2.24, 2.45) is 0 Å². The van der Waals surface area contributed by atoms with Gasteiger partial charge in [-0.3, -0.25) is 4.79 Å². The molecule has 0 aliphatic rings. The van der Waals surface area contributed by atoms with Crippen molar-refractivity contribution in [1.29, 1.82) is 0 Å². The highest BCUT2D eigenvalue weighted by molar-refractivity contribution is 9.10. The zero-order chi connectivity index (χ0) is 13.1. The van der Waals surface area contributed by atoms with E-state index >= 15 is 0 Å². The fraction of sp³-hybridized carbons (Fsp3) is 0.154. The average molecular weight is 345 g/mol. The third-order valence-electron chi connectivity index (χ3n) is 2.50. The summed E-state index contributed by atoms with van der Waals surface area (Å²) in [4.78, 5) is 12.5. The fourth-order valence-corrected chi connectivity index (χ4v) is 3.10. The second kappa shape index (κ2) is 5.87. The monoisotopic (exact) mass is 343 g/mol. The van der Waals surface area contributed by atoms with Crippen LogP contribution in [0.2, 0.25) is 5.02 Å². The zero-order valence-electron chi connectivity index (χ0n) is 9.67. The molecule has 1 aromatic carbocycles. The molecule has 0 saturated heterocycles. The third-order valence-corrected chi connectivity index (χ3v) is 4.97. The van der Waals surface area contributed by atoms with Crippen molar-refractivity contribution in [3.8, 4) is 0 Å². The van der Waals surface area contributed by atoms with Gasteiger partial charge in [-0.2, -0.15) is 0 Å². The molecule has 1 amide bonds. The lowest BCUT2D eigenvalue weighted by Crippen LogP contribution is -2.22. The second-order valence-electron chi connectivity index (χ2n) is 3.84. The van der Waals surface area contributed by atoms with E-state index in [1.54, 1.807) is 0 Å². The van der Waals surface area contributed by atoms with E-state index in [9.17, 15) is 4.79 Å². The SMILES string of the molecule is Cc1csc(C(=O)NCc2ccccc2Br)c1Cl. The molecule has 18 heavy (non-hydrogen) atoms. The molecule has 0 atom stereocenters. The minimum atomic E-state index is -0.131. The molecule has 0 saturated carbocycles. The first-order valence-electron chi connectivity index (χ1n) is 5.35. The van der Waals surface area contributed by atoms with Crippen LogP contribution < -0.4 is 5.32 Å². The number of benzene rings is 1. The quantitative estimate of drug-likeness (QED) is 0.878. The largest absolute Gasteiger partial charge is 0.347 e. The first-order chi connectivity index (χ1) is 8.59. The van der Waals surface area contributed by atoms with Gasteiger partial charge in [-0.15, -0.1) is 11.3 Å². The average Bonchev–Trinajstić information content (AvgIpc) is 2.69. The van der Waals surface area contributed by atoms with Crippen molar-refractivity contribution in [2.45, 2.75) is 13.5 Å². The van der Waals surface area contributed by atoms with Crippen LogP contribution in [0, 0.1) is 6.92 Å². The molecule has 2 nitrogen and oxygen atoms in total. The van der Waals surface area contributed by atoms with E-state index < -0.39 is 0 Å². The Morgan fingerprint density at radius 2 is 2.17 bits per heavy atom. The van der Waals surface area contributed by atoms with E-state index in [1.807, 2.05) is 36.6 Å². The normalized spacial score (nSPS) is 10.4. The molecule has 2 aromatic rings. The van der Waals surface area contributed by atoms with Gasteiger partial charge in [0.25, 0.3) is 5.91 Å². The van der Waals surface area contributed by atoms with Crippen LogP contribution in [0.5, 0.6) is 0 Å². The van der Waals surface area contributed by atoms with Crippen molar-refractivity contribution < 1.29 is 4.79 Å². The number of rotatable bonds is 3. The van der Waals surface area contributed by atoms with Gasteiger partial charge >= 0.3 is 0 Å². The summed E-state index contributed by atoms with van der Waals surface area (Å²) in [5, 5.41) is 5.30. The molecule has 1 heterocycles. The third kappa shape index (κ3) is 2.94. The van der Waals surface area contributed by atoms with Gasteiger partial charge < -0.3 is 5.32 Å². The van der Waals surface area contributed by atoms with Gasteiger partial charge in [0.05, 0.1) is 5.02 Å². The second-order valence-corrected chi connectivity index (χ2v) is 5.95. The molecule has 5 heteroatoms. The number of amides is 1. The number of carbonyl (C=O) groups excluding carboxylic acids is 1. The van der Waals surface area contributed by atoms with Crippen LogP contribution in [-0.4, -0.2) is 5.91 Å². The molecule has 0 unspecified atom stereocenters. The summed E-state index contributed by atoms with van der Waals surface area (Å²) in [6.45, 7) is 2.37. The van der Waals surface area contributed by atoms with E-state index in [-0.39, 0.29) is 5.91 Å². The highest BCUT2D eigenvalue weighted by atomic mass is 79.9. The molecule has 94 valence electrons. The number of nitrogens with one attached hydrogen (secondary N) is 1. The summed E-state index contributed by atoms with van der Waals surface area (Å²) >= 11 is 10.9. The summed E-state index contributed by atoms with van der Waals surface area (Å²) < 4.78 is 0.985. The van der Waals surface area contributed by atoms with Crippen LogP contribution >= 0.6 is 38.9 Å². The molecule has 2 rings (SSSR count). The van der Waals surface area contributed by atoms with Crippen molar-refractivity contribution in [3.05, 3.63) is 55.1 Å². The van der Waals surface area contributed by atoms with Gasteiger partial charge in [0.2, 0.25) is 0 Å². The topological polar surface area (TPSA) is 29.1 Å². The highest BCUT2D eigenvalue weighted by Crippen LogP contribution is 2.27.